The van der Waals surface area contributed by atoms with E-state index in [1.807, 2.05) is 0 Å². The number of methoxy groups -OCH3 is 2. The zero-order chi connectivity index (χ0) is 21.3. The molecule has 0 aliphatic carbocycles. The number of carbonyl (C=O) groups excluding carboxylic acids is 1. The number of carbonyl (C=O) groups is 1. The number of halogens is 4. The van der Waals surface area contributed by atoms with Crippen LogP contribution in [0.5, 0.6) is 11.5 Å². The van der Waals surface area contributed by atoms with E-state index in [4.69, 9.17) is 33.3 Å². The van der Waals surface area contributed by atoms with E-state index in [2.05, 4.69) is 5.32 Å². The summed E-state index contributed by atoms with van der Waals surface area (Å²) in [6, 6.07) is 6.21. The molecular formula is C19H13ClF3NO3S2. The molecule has 1 amide bonds. The van der Waals surface area contributed by atoms with Gasteiger partial charge in [-0.15, -0.1) is 0 Å². The SMILES string of the molecule is COc1cc(C=C2SC(=S)NC2=O)cc(-c2cc(C(F)(F)F)ccc2Cl)c1OC. The van der Waals surface area contributed by atoms with Gasteiger partial charge in [0.1, 0.15) is 4.32 Å². The molecule has 1 aliphatic rings. The zero-order valence-corrected chi connectivity index (χ0v) is 17.4. The Balaban J connectivity index is 2.22. The van der Waals surface area contributed by atoms with Gasteiger partial charge < -0.3 is 14.8 Å². The standard InChI is InChI=1S/C19H13ClF3NO3S2/c1-26-14-6-9(7-15-17(25)24-18(28)29-15)5-12(16(14)27-2)11-8-10(19(21,22)23)3-4-13(11)20/h3-8H,1-2H3,(H,24,25,28). The van der Waals surface area contributed by atoms with E-state index in [1.54, 1.807) is 18.2 Å². The highest BCUT2D eigenvalue weighted by Crippen LogP contribution is 2.44. The van der Waals surface area contributed by atoms with E-state index in [-0.39, 0.29) is 28.0 Å². The van der Waals surface area contributed by atoms with Gasteiger partial charge in [0.05, 0.1) is 24.7 Å². The van der Waals surface area contributed by atoms with Gasteiger partial charge in [-0.05, 0) is 42.0 Å². The summed E-state index contributed by atoms with van der Waals surface area (Å²) in [5, 5.41) is 2.61. The summed E-state index contributed by atoms with van der Waals surface area (Å²) in [5.74, 6) is 0.139. The number of benzene rings is 2. The third-order valence-electron chi connectivity index (χ3n) is 4.02. The summed E-state index contributed by atoms with van der Waals surface area (Å²) >= 11 is 12.3. The molecule has 1 saturated heterocycles. The van der Waals surface area contributed by atoms with Crippen molar-refractivity contribution in [3.8, 4) is 22.6 Å². The summed E-state index contributed by atoms with van der Waals surface area (Å²) < 4.78 is 50.6. The molecule has 1 heterocycles. The molecule has 4 nitrogen and oxygen atoms in total. The smallest absolute Gasteiger partial charge is 0.416 e. The molecule has 0 aromatic heterocycles. The molecule has 0 unspecified atom stereocenters. The Hall–Kier alpha value is -2.23. The number of rotatable bonds is 4. The fraction of sp³-hybridized carbons (Fsp3) is 0.158. The highest BCUT2D eigenvalue weighted by molar-refractivity contribution is 8.26. The first-order valence-corrected chi connectivity index (χ1v) is 9.62. The second kappa shape index (κ2) is 8.25. The predicted octanol–water partition coefficient (Wildman–Crippen LogP) is 5.53. The summed E-state index contributed by atoms with van der Waals surface area (Å²) in [7, 11) is 2.78. The van der Waals surface area contributed by atoms with Crippen LogP contribution in [0.25, 0.3) is 17.2 Å². The molecular weight excluding hydrogens is 447 g/mol. The highest BCUT2D eigenvalue weighted by Gasteiger charge is 2.31. The number of thiocarbonyl (C=S) groups is 1. The molecule has 152 valence electrons. The highest BCUT2D eigenvalue weighted by atomic mass is 35.5. The number of nitrogens with one attached hydrogen (secondary N) is 1. The van der Waals surface area contributed by atoms with Gasteiger partial charge in [-0.2, -0.15) is 13.2 Å². The topological polar surface area (TPSA) is 47.6 Å². The van der Waals surface area contributed by atoms with E-state index in [0.29, 0.717) is 20.4 Å². The molecule has 3 rings (SSSR count). The van der Waals surface area contributed by atoms with Crippen molar-refractivity contribution >= 4 is 51.9 Å². The first kappa shape index (κ1) is 21.5. The molecule has 2 aromatic rings. The Morgan fingerprint density at radius 2 is 1.86 bits per heavy atom. The van der Waals surface area contributed by atoms with Crippen LogP contribution < -0.4 is 14.8 Å². The van der Waals surface area contributed by atoms with Crippen molar-refractivity contribution in [2.24, 2.45) is 0 Å². The van der Waals surface area contributed by atoms with Crippen LogP contribution in [0.1, 0.15) is 11.1 Å². The summed E-state index contributed by atoms with van der Waals surface area (Å²) in [6.45, 7) is 0. The lowest BCUT2D eigenvalue weighted by Gasteiger charge is -2.17. The number of ether oxygens (including phenoxy) is 2. The lowest BCUT2D eigenvalue weighted by atomic mass is 9.98. The maximum Gasteiger partial charge on any atom is 0.416 e. The Morgan fingerprint density at radius 1 is 1.14 bits per heavy atom. The zero-order valence-electron chi connectivity index (χ0n) is 15.0. The van der Waals surface area contributed by atoms with Crippen LogP contribution in [0.15, 0.2) is 35.2 Å². The first-order chi connectivity index (χ1) is 13.6. The summed E-state index contributed by atoms with van der Waals surface area (Å²) in [4.78, 5) is 12.3. The second-order valence-electron chi connectivity index (χ2n) is 5.85. The molecule has 29 heavy (non-hydrogen) atoms. The largest absolute Gasteiger partial charge is 0.493 e. The van der Waals surface area contributed by atoms with Crippen molar-refractivity contribution in [1.82, 2.24) is 5.32 Å². The quantitative estimate of drug-likeness (QED) is 0.481. The third kappa shape index (κ3) is 4.52. The predicted molar refractivity (Wildman–Crippen MR) is 111 cm³/mol. The van der Waals surface area contributed by atoms with Crippen molar-refractivity contribution < 1.29 is 27.4 Å². The molecule has 0 radical (unpaired) electrons. The van der Waals surface area contributed by atoms with Gasteiger partial charge in [-0.1, -0.05) is 35.6 Å². The second-order valence-corrected chi connectivity index (χ2v) is 7.97. The van der Waals surface area contributed by atoms with Gasteiger partial charge in [-0.3, -0.25) is 4.79 Å². The lowest BCUT2D eigenvalue weighted by Crippen LogP contribution is -2.17. The maximum atomic E-state index is 13.2. The van der Waals surface area contributed by atoms with Crippen LogP contribution in [-0.2, 0) is 11.0 Å². The van der Waals surface area contributed by atoms with Crippen LogP contribution >= 0.6 is 35.6 Å². The van der Waals surface area contributed by atoms with Crippen LogP contribution in [0.2, 0.25) is 5.02 Å². The molecule has 0 saturated carbocycles. The molecule has 0 atom stereocenters. The molecule has 10 heteroatoms. The Kier molecular flexibility index (Phi) is 6.11. The van der Waals surface area contributed by atoms with Crippen LogP contribution in [-0.4, -0.2) is 24.4 Å². The minimum absolute atomic E-state index is 0.109. The van der Waals surface area contributed by atoms with Gasteiger partial charge in [0, 0.05) is 16.1 Å². The Bertz CT molecular complexity index is 1040. The van der Waals surface area contributed by atoms with Gasteiger partial charge in [0.15, 0.2) is 11.5 Å². The molecule has 0 spiro atoms. The number of hydrogen-bond acceptors (Lipinski definition) is 5. The minimum Gasteiger partial charge on any atom is -0.493 e. The normalized spacial score (nSPS) is 15.6. The van der Waals surface area contributed by atoms with Gasteiger partial charge in [0.25, 0.3) is 5.91 Å². The van der Waals surface area contributed by atoms with Crippen LogP contribution in [0, 0.1) is 0 Å². The molecule has 2 aromatic carbocycles. The Morgan fingerprint density at radius 3 is 2.41 bits per heavy atom. The lowest BCUT2D eigenvalue weighted by molar-refractivity contribution is -0.137. The van der Waals surface area contributed by atoms with Crippen LogP contribution in [0.3, 0.4) is 0 Å². The van der Waals surface area contributed by atoms with E-state index >= 15 is 0 Å². The number of amides is 1. The molecule has 1 fully saturated rings. The molecule has 0 bridgehead atoms. The number of thioether (sulfide) groups is 1. The molecule has 1 N–H and O–H groups in total. The van der Waals surface area contributed by atoms with Crippen molar-refractivity contribution in [2.45, 2.75) is 6.18 Å². The fourth-order valence-corrected chi connectivity index (χ4v) is 4.01. The van der Waals surface area contributed by atoms with E-state index < -0.39 is 11.7 Å². The first-order valence-electron chi connectivity index (χ1n) is 8.02. The van der Waals surface area contributed by atoms with Gasteiger partial charge >= 0.3 is 6.18 Å². The average Bonchev–Trinajstić information content (AvgIpc) is 2.97. The maximum absolute atomic E-state index is 13.2. The number of alkyl halides is 3. The van der Waals surface area contributed by atoms with E-state index in [1.165, 1.54) is 20.3 Å². The average molecular weight is 460 g/mol. The van der Waals surface area contributed by atoms with Crippen LogP contribution in [0.4, 0.5) is 13.2 Å². The summed E-state index contributed by atoms with van der Waals surface area (Å²) in [5.41, 5.74) is 0.0722. The van der Waals surface area contributed by atoms with Crippen molar-refractivity contribution in [2.75, 3.05) is 14.2 Å². The van der Waals surface area contributed by atoms with Crippen molar-refractivity contribution in [3.63, 3.8) is 0 Å². The third-order valence-corrected chi connectivity index (χ3v) is 5.52. The minimum atomic E-state index is -4.54. The molecule has 1 aliphatic heterocycles. The van der Waals surface area contributed by atoms with Crippen molar-refractivity contribution in [3.05, 3.63) is 51.4 Å². The van der Waals surface area contributed by atoms with Crippen molar-refractivity contribution in [1.29, 1.82) is 0 Å². The van der Waals surface area contributed by atoms with E-state index in [9.17, 15) is 18.0 Å². The number of hydrogen-bond donors (Lipinski definition) is 1. The Labute approximate surface area is 179 Å². The van der Waals surface area contributed by atoms with Gasteiger partial charge in [0.2, 0.25) is 0 Å². The van der Waals surface area contributed by atoms with E-state index in [0.717, 1.165) is 23.9 Å². The monoisotopic (exact) mass is 459 g/mol. The van der Waals surface area contributed by atoms with Gasteiger partial charge in [-0.25, -0.2) is 0 Å². The fourth-order valence-electron chi connectivity index (χ4n) is 2.75. The summed E-state index contributed by atoms with van der Waals surface area (Å²) in [6.07, 6.45) is -2.98.